The zero-order valence-electron chi connectivity index (χ0n) is 22.9. The van der Waals surface area contributed by atoms with Gasteiger partial charge in [-0.2, -0.15) is 10.4 Å². The number of hydrogen-bond donors (Lipinski definition) is 2. The molecule has 1 saturated carbocycles. The van der Waals surface area contributed by atoms with Crippen molar-refractivity contribution in [2.75, 3.05) is 26.3 Å². The quantitative estimate of drug-likeness (QED) is 0.419. The Morgan fingerprint density at radius 3 is 2.56 bits per heavy atom. The Labute approximate surface area is 229 Å². The summed E-state index contributed by atoms with van der Waals surface area (Å²) in [6.45, 7) is 6.04. The van der Waals surface area contributed by atoms with Crippen molar-refractivity contribution < 1.29 is 22.7 Å². The van der Waals surface area contributed by atoms with Crippen LogP contribution in [0.4, 0.5) is 0 Å². The molecule has 4 rings (SSSR count). The predicted molar refractivity (Wildman–Crippen MR) is 145 cm³/mol. The number of ether oxygens (including phenoxy) is 1. The molecular weight excluding hydrogens is 520 g/mol. The molecule has 1 unspecified atom stereocenters. The van der Waals surface area contributed by atoms with E-state index < -0.39 is 25.2 Å². The molecule has 1 aliphatic heterocycles. The Hall–Kier alpha value is -3.27. The van der Waals surface area contributed by atoms with Crippen LogP contribution >= 0.6 is 0 Å². The van der Waals surface area contributed by atoms with E-state index in [1.54, 1.807) is 57.0 Å². The van der Waals surface area contributed by atoms with E-state index in [4.69, 9.17) is 15.7 Å². The van der Waals surface area contributed by atoms with Gasteiger partial charge in [0.15, 0.2) is 15.5 Å². The largest absolute Gasteiger partial charge is 0.378 e. The van der Waals surface area contributed by atoms with E-state index in [-0.39, 0.29) is 43.9 Å². The highest BCUT2D eigenvalue weighted by molar-refractivity contribution is 7.94. The minimum Gasteiger partial charge on any atom is -0.378 e. The van der Waals surface area contributed by atoms with Crippen molar-refractivity contribution in [1.82, 2.24) is 20.0 Å². The number of benzene rings is 1. The van der Waals surface area contributed by atoms with E-state index in [0.29, 0.717) is 42.6 Å². The Bertz CT molecular complexity index is 1400. The summed E-state index contributed by atoms with van der Waals surface area (Å²) in [7, 11) is -2.03. The maximum Gasteiger partial charge on any atom is 0.272 e. The number of sulfone groups is 1. The maximum atomic E-state index is 13.7. The molecule has 210 valence electrons. The molecule has 0 spiro atoms. The lowest BCUT2D eigenvalue weighted by Gasteiger charge is -2.35. The van der Waals surface area contributed by atoms with Crippen LogP contribution < -0.4 is 11.1 Å². The zero-order valence-corrected chi connectivity index (χ0v) is 23.7. The Morgan fingerprint density at radius 1 is 1.31 bits per heavy atom. The number of aromatic nitrogens is 2. The number of nitriles is 1. The summed E-state index contributed by atoms with van der Waals surface area (Å²) in [6.07, 6.45) is 1.36. The van der Waals surface area contributed by atoms with E-state index in [1.807, 2.05) is 0 Å². The molecule has 2 amide bonds. The molecule has 2 aliphatic rings. The standard InChI is InChI=1S/C27H36N6O5S/c1-18(29)15-38-17-26(2,3)39(36,37)27(10-11-27)16-33-12-9-21-22(31-32(4)23(21)25(33)35)24(34)30-14-20-7-5-19(13-28)6-8-20/h5-8,18H,9-12,14-17,29H2,1-4H3,(H,30,34). The number of amides is 2. The second-order valence-electron chi connectivity index (χ2n) is 11.2. The Kier molecular flexibility index (Phi) is 7.89. The summed E-state index contributed by atoms with van der Waals surface area (Å²) in [5.74, 6) is -0.725. The number of fused-ring (bicyclic) bond motifs is 1. The molecule has 1 fully saturated rings. The van der Waals surface area contributed by atoms with E-state index in [2.05, 4.69) is 16.5 Å². The van der Waals surface area contributed by atoms with Crippen molar-refractivity contribution in [3.05, 3.63) is 52.3 Å². The Balaban J connectivity index is 1.46. The monoisotopic (exact) mass is 556 g/mol. The first-order valence-electron chi connectivity index (χ1n) is 13.0. The van der Waals surface area contributed by atoms with Crippen LogP contribution in [0.5, 0.6) is 0 Å². The highest BCUT2D eigenvalue weighted by Crippen LogP contribution is 2.49. The van der Waals surface area contributed by atoms with Crippen molar-refractivity contribution in [3.63, 3.8) is 0 Å². The topological polar surface area (TPSA) is 160 Å². The average Bonchev–Trinajstić information content (AvgIpc) is 3.60. The molecule has 2 heterocycles. The maximum absolute atomic E-state index is 13.7. The van der Waals surface area contributed by atoms with Crippen molar-refractivity contribution >= 4 is 21.7 Å². The summed E-state index contributed by atoms with van der Waals surface area (Å²) in [6, 6.07) is 8.75. The number of nitrogens with two attached hydrogens (primary N) is 1. The van der Waals surface area contributed by atoms with Gasteiger partial charge < -0.3 is 20.7 Å². The van der Waals surface area contributed by atoms with Gasteiger partial charge in [0.25, 0.3) is 11.8 Å². The molecule has 1 aromatic heterocycles. The predicted octanol–water partition coefficient (Wildman–Crippen LogP) is 1.31. The summed E-state index contributed by atoms with van der Waals surface area (Å²) in [5.41, 5.74) is 8.15. The number of aryl methyl sites for hydroxylation is 1. The molecule has 1 atom stereocenters. The first-order chi connectivity index (χ1) is 18.3. The van der Waals surface area contributed by atoms with Crippen LogP contribution in [0, 0.1) is 11.3 Å². The van der Waals surface area contributed by atoms with Crippen molar-refractivity contribution in [2.24, 2.45) is 12.8 Å². The molecule has 1 aromatic carbocycles. The summed E-state index contributed by atoms with van der Waals surface area (Å²) in [5, 5.41) is 16.1. The van der Waals surface area contributed by atoms with Crippen LogP contribution in [0.15, 0.2) is 24.3 Å². The van der Waals surface area contributed by atoms with E-state index in [0.717, 1.165) is 5.56 Å². The zero-order chi connectivity index (χ0) is 28.6. The molecule has 2 aromatic rings. The van der Waals surface area contributed by atoms with Gasteiger partial charge in [0.05, 0.1) is 34.3 Å². The minimum atomic E-state index is -3.65. The van der Waals surface area contributed by atoms with Gasteiger partial charge in [0, 0.05) is 38.3 Å². The smallest absolute Gasteiger partial charge is 0.272 e. The third kappa shape index (κ3) is 5.57. The molecule has 1 aliphatic carbocycles. The van der Waals surface area contributed by atoms with Crippen LogP contribution in [-0.4, -0.2) is 76.8 Å². The number of nitrogens with one attached hydrogen (secondary N) is 1. The highest BCUT2D eigenvalue weighted by Gasteiger charge is 2.61. The molecule has 0 bridgehead atoms. The molecule has 12 heteroatoms. The second kappa shape index (κ2) is 10.7. The number of nitrogens with zero attached hydrogens (tertiary/aromatic N) is 4. The molecular formula is C27H36N6O5S. The third-order valence-electron chi connectivity index (χ3n) is 7.43. The number of rotatable bonds is 11. The number of carbonyl (C=O) groups is 2. The van der Waals surface area contributed by atoms with Gasteiger partial charge in [0.2, 0.25) is 0 Å². The van der Waals surface area contributed by atoms with Gasteiger partial charge in [-0.05, 0) is 57.7 Å². The molecule has 0 radical (unpaired) electrons. The first kappa shape index (κ1) is 28.7. The van der Waals surface area contributed by atoms with Gasteiger partial charge in [-0.25, -0.2) is 8.42 Å². The lowest BCUT2D eigenvalue weighted by molar-refractivity contribution is 0.0723. The summed E-state index contributed by atoms with van der Waals surface area (Å²) >= 11 is 0. The molecule has 3 N–H and O–H groups in total. The lowest BCUT2D eigenvalue weighted by Crippen LogP contribution is -2.52. The lowest BCUT2D eigenvalue weighted by atomic mass is 10.0. The summed E-state index contributed by atoms with van der Waals surface area (Å²) < 4.78 is 32.2. The minimum absolute atomic E-state index is 0.0272. The van der Waals surface area contributed by atoms with Gasteiger partial charge in [-0.3, -0.25) is 14.3 Å². The van der Waals surface area contributed by atoms with Crippen LogP contribution in [-0.2, 0) is 34.6 Å². The highest BCUT2D eigenvalue weighted by atomic mass is 32.2. The molecule has 39 heavy (non-hydrogen) atoms. The third-order valence-corrected chi connectivity index (χ3v) is 10.7. The Morgan fingerprint density at radius 2 is 1.97 bits per heavy atom. The van der Waals surface area contributed by atoms with Crippen molar-refractivity contribution in [1.29, 1.82) is 5.26 Å². The van der Waals surface area contributed by atoms with Gasteiger partial charge in [-0.1, -0.05) is 12.1 Å². The van der Waals surface area contributed by atoms with E-state index >= 15 is 0 Å². The fraction of sp³-hybridized carbons (Fsp3) is 0.556. The normalized spacial score (nSPS) is 17.3. The first-order valence-corrected chi connectivity index (χ1v) is 14.5. The van der Waals surface area contributed by atoms with Gasteiger partial charge >= 0.3 is 0 Å². The molecule has 11 nitrogen and oxygen atoms in total. The SMILES string of the molecule is CC(N)COCC(C)(C)S(=O)(=O)C1(CN2CCc3c(C(=O)NCc4ccc(C#N)cc4)nn(C)c3C2=O)CC1. The second-order valence-corrected chi connectivity index (χ2v) is 14.2. The summed E-state index contributed by atoms with van der Waals surface area (Å²) in [4.78, 5) is 28.1. The van der Waals surface area contributed by atoms with Crippen LogP contribution in [0.25, 0.3) is 0 Å². The fourth-order valence-corrected chi connectivity index (χ4v) is 7.40. The van der Waals surface area contributed by atoms with Gasteiger partial charge in [0.1, 0.15) is 5.69 Å². The fourth-order valence-electron chi connectivity index (χ4n) is 5.02. The van der Waals surface area contributed by atoms with Crippen LogP contribution in [0.2, 0.25) is 0 Å². The average molecular weight is 557 g/mol. The number of hydrogen-bond acceptors (Lipinski definition) is 8. The van der Waals surface area contributed by atoms with Crippen molar-refractivity contribution in [3.8, 4) is 6.07 Å². The van der Waals surface area contributed by atoms with E-state index in [9.17, 15) is 18.0 Å². The molecule has 0 saturated heterocycles. The van der Waals surface area contributed by atoms with Crippen LogP contribution in [0.1, 0.15) is 71.3 Å². The van der Waals surface area contributed by atoms with E-state index in [1.165, 1.54) is 4.68 Å². The van der Waals surface area contributed by atoms with Crippen LogP contribution in [0.3, 0.4) is 0 Å². The van der Waals surface area contributed by atoms with Crippen molar-refractivity contribution in [2.45, 2.75) is 62.1 Å². The number of carbonyl (C=O) groups excluding carboxylic acids is 2. The van der Waals surface area contributed by atoms with Gasteiger partial charge in [-0.15, -0.1) is 0 Å².